The second-order valence-electron chi connectivity index (χ2n) is 6.11. The van der Waals surface area contributed by atoms with Gasteiger partial charge in [0.15, 0.2) is 18.0 Å². The number of alkyl halides is 3. The van der Waals surface area contributed by atoms with E-state index >= 15 is 0 Å². The number of aliphatic hydroxyl groups is 1. The summed E-state index contributed by atoms with van der Waals surface area (Å²) in [5, 5.41) is 11.9. The summed E-state index contributed by atoms with van der Waals surface area (Å²) in [6.07, 6.45) is -10.1. The molecule has 0 aliphatic carbocycles. The highest BCUT2D eigenvalue weighted by Gasteiger charge is 2.57. The fraction of sp³-hybridized carbons (Fsp3) is 0.733. The molecule has 1 rings (SSSR count). The van der Waals surface area contributed by atoms with Gasteiger partial charge in [0.05, 0.1) is 0 Å². The third-order valence-corrected chi connectivity index (χ3v) is 3.58. The maximum atomic E-state index is 12.7. The van der Waals surface area contributed by atoms with E-state index in [9.17, 15) is 37.5 Å². The highest BCUT2D eigenvalue weighted by molar-refractivity contribution is 5.82. The molecule has 1 heterocycles. The number of carbonyl (C=O) groups excluding carboxylic acids is 4. The molecule has 10 nitrogen and oxygen atoms in total. The van der Waals surface area contributed by atoms with E-state index < -0.39 is 66.7 Å². The van der Waals surface area contributed by atoms with Gasteiger partial charge in [-0.05, 0) is 6.92 Å². The summed E-state index contributed by atoms with van der Waals surface area (Å²) < 4.78 is 57.8. The average molecular weight is 415 g/mol. The number of halogens is 3. The first kappa shape index (κ1) is 23.6. The minimum Gasteiger partial charge on any atom is -0.463 e. The van der Waals surface area contributed by atoms with Crippen LogP contribution >= 0.6 is 0 Å². The molecular weight excluding hydrogens is 395 g/mol. The third kappa shape index (κ3) is 6.34. The first-order valence-electron chi connectivity index (χ1n) is 7.90. The van der Waals surface area contributed by atoms with Crippen LogP contribution in [-0.2, 0) is 38.1 Å². The zero-order valence-corrected chi connectivity index (χ0v) is 15.4. The Bertz CT molecular complexity index is 635. The molecular formula is C15H20F3NO9. The molecule has 0 aromatic rings. The molecule has 1 aliphatic rings. The maximum Gasteiger partial charge on any atom is 0.471 e. The van der Waals surface area contributed by atoms with Gasteiger partial charge in [-0.1, -0.05) is 0 Å². The van der Waals surface area contributed by atoms with Crippen LogP contribution in [0.25, 0.3) is 0 Å². The summed E-state index contributed by atoms with van der Waals surface area (Å²) in [4.78, 5) is 45.3. The van der Waals surface area contributed by atoms with Crippen LogP contribution in [0.5, 0.6) is 0 Å². The molecule has 2 N–H and O–H groups in total. The highest BCUT2D eigenvalue weighted by Crippen LogP contribution is 2.33. The van der Waals surface area contributed by atoms with Crippen LogP contribution < -0.4 is 5.32 Å². The largest absolute Gasteiger partial charge is 0.471 e. The number of esters is 3. The number of hydrogen-bond acceptors (Lipinski definition) is 9. The van der Waals surface area contributed by atoms with Gasteiger partial charge in [0.25, 0.3) is 0 Å². The average Bonchev–Trinajstić information content (AvgIpc) is 2.49. The van der Waals surface area contributed by atoms with Crippen molar-refractivity contribution >= 4 is 23.8 Å². The molecule has 13 heteroatoms. The Kier molecular flexibility index (Phi) is 7.37. The van der Waals surface area contributed by atoms with E-state index in [2.05, 4.69) is 0 Å². The normalized spacial score (nSPS) is 30.1. The fourth-order valence-electron chi connectivity index (χ4n) is 2.58. The minimum atomic E-state index is -5.32. The van der Waals surface area contributed by atoms with Crippen LogP contribution in [-0.4, -0.2) is 71.8 Å². The lowest BCUT2D eigenvalue weighted by atomic mass is 9.90. The molecule has 160 valence electrons. The number of hydrogen-bond donors (Lipinski definition) is 2. The van der Waals surface area contributed by atoms with Crippen molar-refractivity contribution in [2.45, 2.75) is 64.0 Å². The van der Waals surface area contributed by atoms with Gasteiger partial charge in [-0.2, -0.15) is 13.2 Å². The van der Waals surface area contributed by atoms with Crippen molar-refractivity contribution < 1.29 is 56.4 Å². The van der Waals surface area contributed by atoms with Gasteiger partial charge in [-0.25, -0.2) is 0 Å². The third-order valence-electron chi connectivity index (χ3n) is 3.58. The molecule has 0 saturated carbocycles. The van der Waals surface area contributed by atoms with Gasteiger partial charge in [-0.3, -0.25) is 19.2 Å². The Morgan fingerprint density at radius 3 is 1.96 bits per heavy atom. The van der Waals surface area contributed by atoms with Crippen LogP contribution in [0.4, 0.5) is 13.2 Å². The predicted octanol–water partition coefficient (Wildman–Crippen LogP) is -0.433. The summed E-state index contributed by atoms with van der Waals surface area (Å²) in [6, 6.07) is -1.97. The molecule has 0 aromatic carbocycles. The summed E-state index contributed by atoms with van der Waals surface area (Å²) in [5.74, 6) is -7.65. The quantitative estimate of drug-likeness (QED) is 0.452. The van der Waals surface area contributed by atoms with Crippen molar-refractivity contribution in [2.24, 2.45) is 0 Å². The second kappa shape index (κ2) is 8.73. The molecule has 0 bridgehead atoms. The molecule has 5 atom stereocenters. The van der Waals surface area contributed by atoms with Gasteiger partial charge in [0, 0.05) is 20.8 Å². The molecule has 0 spiro atoms. The van der Waals surface area contributed by atoms with Gasteiger partial charge < -0.3 is 29.4 Å². The number of ether oxygens (including phenoxy) is 4. The molecule has 28 heavy (non-hydrogen) atoms. The summed E-state index contributed by atoms with van der Waals surface area (Å²) in [6.45, 7) is 3.25. The summed E-state index contributed by atoms with van der Waals surface area (Å²) >= 11 is 0. The second-order valence-corrected chi connectivity index (χ2v) is 6.11. The molecule has 1 saturated heterocycles. The maximum absolute atomic E-state index is 12.7. The van der Waals surface area contributed by atoms with Crippen LogP contribution in [0.1, 0.15) is 27.7 Å². The topological polar surface area (TPSA) is 137 Å². The van der Waals surface area contributed by atoms with Crippen molar-refractivity contribution in [3.05, 3.63) is 0 Å². The number of nitrogens with one attached hydrogen (secondary N) is 1. The molecule has 1 amide bonds. The predicted molar refractivity (Wildman–Crippen MR) is 81.2 cm³/mol. The van der Waals surface area contributed by atoms with E-state index in [-0.39, 0.29) is 0 Å². The van der Waals surface area contributed by atoms with E-state index in [1.165, 1.54) is 5.32 Å². The summed E-state index contributed by atoms with van der Waals surface area (Å²) in [5.41, 5.74) is 0. The van der Waals surface area contributed by atoms with E-state index in [4.69, 9.17) is 18.9 Å². The Labute approximate surface area is 157 Å². The smallest absolute Gasteiger partial charge is 0.463 e. The van der Waals surface area contributed by atoms with Crippen molar-refractivity contribution in [2.75, 3.05) is 6.61 Å². The Morgan fingerprint density at radius 2 is 1.54 bits per heavy atom. The van der Waals surface area contributed by atoms with Crippen LogP contribution in [0.3, 0.4) is 0 Å². The van der Waals surface area contributed by atoms with Crippen molar-refractivity contribution in [1.82, 2.24) is 5.32 Å². The van der Waals surface area contributed by atoms with E-state index in [1.807, 2.05) is 0 Å². The van der Waals surface area contributed by atoms with Crippen LogP contribution in [0, 0.1) is 0 Å². The van der Waals surface area contributed by atoms with Gasteiger partial charge >= 0.3 is 30.0 Å². The molecule has 0 unspecified atom stereocenters. The Hall–Kier alpha value is -2.41. The first-order chi connectivity index (χ1) is 12.6. The van der Waals surface area contributed by atoms with E-state index in [0.29, 0.717) is 0 Å². The standard InChI is InChI=1S/C15H20F3NO9/c1-6(20)25-5-9-10(26-7(2)21)11(27-8(3)22)12(14(4,24)28-9)19-13(23)15(16,17)18/h9-12,24H,5H2,1-4H3,(H,19,23)/t9-,10+,11+,12-,14-/m1/s1. The fourth-order valence-corrected chi connectivity index (χ4v) is 2.58. The lowest BCUT2D eigenvalue weighted by Gasteiger charge is -2.48. The SMILES string of the molecule is CC(=O)OC[C@H]1O[C@@](C)(O)[C@H](NC(=O)C(F)(F)F)[C@@H](OC(C)=O)[C@H]1OC(C)=O. The van der Waals surface area contributed by atoms with Crippen LogP contribution in [0.2, 0.25) is 0 Å². The van der Waals surface area contributed by atoms with E-state index in [0.717, 1.165) is 27.7 Å². The molecule has 0 radical (unpaired) electrons. The molecule has 0 aromatic heterocycles. The zero-order valence-electron chi connectivity index (χ0n) is 15.4. The Morgan fingerprint density at radius 1 is 1.04 bits per heavy atom. The summed E-state index contributed by atoms with van der Waals surface area (Å²) in [7, 11) is 0. The Balaban J connectivity index is 3.32. The van der Waals surface area contributed by atoms with Crippen molar-refractivity contribution in [3.63, 3.8) is 0 Å². The number of carbonyl (C=O) groups is 4. The highest BCUT2D eigenvalue weighted by atomic mass is 19.4. The monoisotopic (exact) mass is 415 g/mol. The lowest BCUT2D eigenvalue weighted by Crippen LogP contribution is -2.71. The van der Waals surface area contributed by atoms with Crippen molar-refractivity contribution in [1.29, 1.82) is 0 Å². The molecule has 1 aliphatic heterocycles. The van der Waals surface area contributed by atoms with E-state index in [1.54, 1.807) is 0 Å². The first-order valence-corrected chi connectivity index (χ1v) is 7.90. The minimum absolute atomic E-state index is 0.582. The number of amides is 1. The number of rotatable bonds is 5. The van der Waals surface area contributed by atoms with Crippen LogP contribution in [0.15, 0.2) is 0 Å². The van der Waals surface area contributed by atoms with Gasteiger partial charge in [-0.15, -0.1) is 0 Å². The molecule has 1 fully saturated rings. The van der Waals surface area contributed by atoms with Gasteiger partial charge in [0.1, 0.15) is 18.8 Å². The van der Waals surface area contributed by atoms with Gasteiger partial charge in [0.2, 0.25) is 0 Å². The lowest BCUT2D eigenvalue weighted by molar-refractivity contribution is -0.314. The van der Waals surface area contributed by atoms with Crippen molar-refractivity contribution in [3.8, 4) is 0 Å². The zero-order chi connectivity index (χ0) is 21.9.